The van der Waals surface area contributed by atoms with Crippen molar-refractivity contribution >= 4 is 23.5 Å². The van der Waals surface area contributed by atoms with E-state index in [0.717, 1.165) is 5.92 Å². The Morgan fingerprint density at radius 2 is 2.14 bits per heavy atom. The molecule has 1 aromatic rings. The predicted octanol–water partition coefficient (Wildman–Crippen LogP) is 3.63. The van der Waals surface area contributed by atoms with Gasteiger partial charge in [0, 0.05) is 6.54 Å². The van der Waals surface area contributed by atoms with E-state index in [1.54, 1.807) is 0 Å². The summed E-state index contributed by atoms with van der Waals surface area (Å²) in [5.41, 5.74) is 5.90. The SMILES string of the molecule is CC1(C)C2CC=C(/C=N/NC(=S)NCc3ccccc3)C1C2. The molecule has 2 atom stereocenters. The Morgan fingerprint density at radius 1 is 1.36 bits per heavy atom. The number of fused-ring (bicyclic) bond motifs is 1. The lowest BCUT2D eigenvalue weighted by molar-refractivity contribution is -0.00126. The van der Waals surface area contributed by atoms with E-state index < -0.39 is 0 Å². The Morgan fingerprint density at radius 3 is 2.82 bits per heavy atom. The lowest BCUT2D eigenvalue weighted by atomic mass is 9.49. The van der Waals surface area contributed by atoms with Gasteiger partial charge in [-0.25, -0.2) is 0 Å². The van der Waals surface area contributed by atoms with Gasteiger partial charge in [-0.05, 0) is 53.4 Å². The minimum Gasteiger partial charge on any atom is -0.357 e. The molecule has 0 spiro atoms. The van der Waals surface area contributed by atoms with Crippen LogP contribution >= 0.6 is 12.2 Å². The molecule has 0 radical (unpaired) electrons. The van der Waals surface area contributed by atoms with Crippen LogP contribution in [-0.2, 0) is 6.54 Å². The van der Waals surface area contributed by atoms with Crippen LogP contribution in [-0.4, -0.2) is 11.3 Å². The summed E-state index contributed by atoms with van der Waals surface area (Å²) in [5.74, 6) is 1.51. The highest BCUT2D eigenvalue weighted by atomic mass is 32.1. The molecule has 3 aliphatic rings. The number of rotatable bonds is 4. The van der Waals surface area contributed by atoms with Crippen LogP contribution in [0.3, 0.4) is 0 Å². The second-order valence-electron chi connectivity index (χ2n) is 6.78. The van der Waals surface area contributed by atoms with Crippen molar-refractivity contribution in [3.8, 4) is 0 Å². The third-order valence-corrected chi connectivity index (χ3v) is 5.42. The molecule has 0 heterocycles. The van der Waals surface area contributed by atoms with Crippen molar-refractivity contribution in [1.82, 2.24) is 10.7 Å². The van der Waals surface area contributed by atoms with Crippen molar-refractivity contribution in [1.29, 1.82) is 0 Å². The number of nitrogens with zero attached hydrogens (tertiary/aromatic N) is 1. The molecule has 0 aromatic heterocycles. The van der Waals surface area contributed by atoms with Crippen LogP contribution in [0.1, 0.15) is 32.3 Å². The molecule has 0 amide bonds. The number of hydrogen-bond acceptors (Lipinski definition) is 2. The largest absolute Gasteiger partial charge is 0.357 e. The summed E-state index contributed by atoms with van der Waals surface area (Å²) in [7, 11) is 0. The molecule has 0 saturated heterocycles. The summed E-state index contributed by atoms with van der Waals surface area (Å²) in [4.78, 5) is 0. The fourth-order valence-electron chi connectivity index (χ4n) is 3.53. The molecule has 22 heavy (non-hydrogen) atoms. The Balaban J connectivity index is 1.46. The molecular formula is C18H23N3S. The van der Waals surface area contributed by atoms with Gasteiger partial charge in [-0.2, -0.15) is 5.10 Å². The third kappa shape index (κ3) is 3.07. The Kier molecular flexibility index (Phi) is 4.30. The maximum Gasteiger partial charge on any atom is 0.187 e. The summed E-state index contributed by atoms with van der Waals surface area (Å²) < 4.78 is 0. The van der Waals surface area contributed by atoms with Crippen LogP contribution < -0.4 is 10.7 Å². The highest BCUT2D eigenvalue weighted by Gasteiger charge is 2.50. The summed E-state index contributed by atoms with van der Waals surface area (Å²) in [6.07, 6.45) is 6.76. The van der Waals surface area contributed by atoms with Crippen molar-refractivity contribution < 1.29 is 0 Å². The normalized spacial score (nSPS) is 25.3. The monoisotopic (exact) mass is 313 g/mol. The second-order valence-corrected chi connectivity index (χ2v) is 7.19. The van der Waals surface area contributed by atoms with Gasteiger partial charge < -0.3 is 5.32 Å². The third-order valence-electron chi connectivity index (χ3n) is 5.19. The molecular weight excluding hydrogens is 290 g/mol. The van der Waals surface area contributed by atoms with E-state index in [2.05, 4.69) is 47.9 Å². The molecule has 116 valence electrons. The summed E-state index contributed by atoms with van der Waals surface area (Å²) in [6, 6.07) is 10.2. The minimum absolute atomic E-state index is 0.433. The fourth-order valence-corrected chi connectivity index (χ4v) is 3.65. The summed E-state index contributed by atoms with van der Waals surface area (Å²) in [5, 5.41) is 8.02. The van der Waals surface area contributed by atoms with Gasteiger partial charge in [-0.3, -0.25) is 5.43 Å². The first kappa shape index (κ1) is 15.2. The van der Waals surface area contributed by atoms with E-state index in [0.29, 0.717) is 23.0 Å². The van der Waals surface area contributed by atoms with E-state index in [9.17, 15) is 0 Å². The number of nitrogens with one attached hydrogen (secondary N) is 2. The van der Waals surface area contributed by atoms with E-state index in [-0.39, 0.29) is 0 Å². The van der Waals surface area contributed by atoms with E-state index in [1.165, 1.54) is 24.0 Å². The zero-order valence-corrected chi connectivity index (χ0v) is 14.0. The lowest BCUT2D eigenvalue weighted by Gasteiger charge is -2.55. The van der Waals surface area contributed by atoms with E-state index in [4.69, 9.17) is 12.2 Å². The van der Waals surface area contributed by atoms with Crippen molar-refractivity contribution in [3.63, 3.8) is 0 Å². The van der Waals surface area contributed by atoms with Gasteiger partial charge in [0.2, 0.25) is 0 Å². The molecule has 1 aromatic carbocycles. The molecule has 2 bridgehead atoms. The highest BCUT2D eigenvalue weighted by Crippen LogP contribution is 2.58. The molecule has 3 aliphatic carbocycles. The zero-order chi connectivity index (χ0) is 15.6. The first-order chi connectivity index (χ1) is 10.6. The van der Waals surface area contributed by atoms with Crippen molar-refractivity contribution in [2.45, 2.75) is 33.2 Å². The van der Waals surface area contributed by atoms with Crippen molar-refractivity contribution in [3.05, 3.63) is 47.5 Å². The molecule has 2 N–H and O–H groups in total. The Hall–Kier alpha value is -1.68. The van der Waals surface area contributed by atoms with Crippen LogP contribution in [0.15, 0.2) is 47.1 Å². The quantitative estimate of drug-likeness (QED) is 0.506. The van der Waals surface area contributed by atoms with Crippen LogP contribution in [0.2, 0.25) is 0 Å². The molecule has 2 unspecified atom stereocenters. The smallest absolute Gasteiger partial charge is 0.187 e. The summed E-state index contributed by atoms with van der Waals surface area (Å²) in [6.45, 7) is 5.44. The van der Waals surface area contributed by atoms with E-state index >= 15 is 0 Å². The van der Waals surface area contributed by atoms with Crippen molar-refractivity contribution in [2.75, 3.05) is 0 Å². The van der Waals surface area contributed by atoms with Gasteiger partial charge in [-0.15, -0.1) is 0 Å². The maximum absolute atomic E-state index is 5.25. The average Bonchev–Trinajstić information content (AvgIpc) is 2.54. The second kappa shape index (κ2) is 6.21. The standard InChI is InChI=1S/C18H23N3S/c1-18(2)15-9-8-14(16(18)10-15)12-20-21-17(22)19-11-13-6-4-3-5-7-13/h3-8,12,15-16H,9-11H2,1-2H3,(H2,19,21,22)/b20-12+. The molecule has 4 heteroatoms. The average molecular weight is 313 g/mol. The zero-order valence-electron chi connectivity index (χ0n) is 13.2. The minimum atomic E-state index is 0.433. The molecule has 4 rings (SSSR count). The van der Waals surface area contributed by atoms with Crippen molar-refractivity contribution in [2.24, 2.45) is 22.4 Å². The first-order valence-electron chi connectivity index (χ1n) is 7.88. The van der Waals surface area contributed by atoms with Crippen LogP contribution in [0, 0.1) is 17.3 Å². The highest BCUT2D eigenvalue weighted by molar-refractivity contribution is 7.80. The number of hydrogen-bond donors (Lipinski definition) is 2. The fraction of sp³-hybridized carbons (Fsp3) is 0.444. The predicted molar refractivity (Wildman–Crippen MR) is 95.6 cm³/mol. The molecule has 3 nitrogen and oxygen atoms in total. The van der Waals surface area contributed by atoms with E-state index in [1.807, 2.05) is 24.4 Å². The summed E-state index contributed by atoms with van der Waals surface area (Å²) >= 11 is 5.25. The van der Waals surface area contributed by atoms with Gasteiger partial charge in [0.1, 0.15) is 0 Å². The van der Waals surface area contributed by atoms with Gasteiger partial charge >= 0.3 is 0 Å². The van der Waals surface area contributed by atoms with Gasteiger partial charge in [-0.1, -0.05) is 50.3 Å². The number of benzene rings is 1. The Labute approximate surface area is 137 Å². The molecule has 0 aliphatic heterocycles. The Bertz CT molecular complexity index is 604. The number of hydrazone groups is 1. The van der Waals surface area contributed by atoms with Crippen LogP contribution in [0.5, 0.6) is 0 Å². The first-order valence-corrected chi connectivity index (χ1v) is 8.29. The van der Waals surface area contributed by atoms with Crippen LogP contribution in [0.4, 0.5) is 0 Å². The molecule has 1 saturated carbocycles. The number of allylic oxidation sites excluding steroid dienone is 2. The lowest BCUT2D eigenvalue weighted by Crippen LogP contribution is -2.48. The molecule has 1 fully saturated rings. The van der Waals surface area contributed by atoms with Gasteiger partial charge in [0.25, 0.3) is 0 Å². The maximum atomic E-state index is 5.25. The van der Waals surface area contributed by atoms with Gasteiger partial charge in [0.05, 0.1) is 6.21 Å². The van der Waals surface area contributed by atoms with Crippen LogP contribution in [0.25, 0.3) is 0 Å². The number of thiocarbonyl (C=S) groups is 1. The van der Waals surface area contributed by atoms with Gasteiger partial charge in [0.15, 0.2) is 5.11 Å². The topological polar surface area (TPSA) is 36.4 Å².